The largest absolute Gasteiger partial charge is 0.496 e. The number of anilines is 1. The number of carbonyl (C=O) groups is 1. The predicted octanol–water partition coefficient (Wildman–Crippen LogP) is 3.34. The molecule has 6 heteroatoms. The van der Waals surface area contributed by atoms with E-state index < -0.39 is 0 Å². The molecule has 2 aromatic carbocycles. The second-order valence-corrected chi connectivity index (χ2v) is 4.86. The molecule has 0 bridgehead atoms. The molecule has 5 nitrogen and oxygen atoms in total. The van der Waals surface area contributed by atoms with Gasteiger partial charge < -0.3 is 10.1 Å². The first-order valence-corrected chi connectivity index (χ1v) is 6.68. The summed E-state index contributed by atoms with van der Waals surface area (Å²) in [6.45, 7) is 1.42. The molecule has 0 fully saturated rings. The van der Waals surface area contributed by atoms with E-state index in [-0.39, 0.29) is 11.7 Å². The van der Waals surface area contributed by atoms with Gasteiger partial charge in [0.2, 0.25) is 5.91 Å². The molecule has 0 aliphatic rings. The predicted molar refractivity (Wildman–Crippen MR) is 82.3 cm³/mol. The number of amides is 1. The van der Waals surface area contributed by atoms with Crippen molar-refractivity contribution < 1.29 is 13.9 Å². The van der Waals surface area contributed by atoms with Crippen LogP contribution in [0.2, 0.25) is 0 Å². The zero-order valence-electron chi connectivity index (χ0n) is 12.1. The van der Waals surface area contributed by atoms with Crippen molar-refractivity contribution >= 4 is 22.6 Å². The zero-order valence-corrected chi connectivity index (χ0v) is 12.1. The topological polar surface area (TPSA) is 67.0 Å². The van der Waals surface area contributed by atoms with Gasteiger partial charge in [0.15, 0.2) is 5.82 Å². The van der Waals surface area contributed by atoms with Crippen molar-refractivity contribution in [1.82, 2.24) is 10.2 Å². The third kappa shape index (κ3) is 2.50. The first-order chi connectivity index (χ1) is 10.6. The van der Waals surface area contributed by atoms with Crippen molar-refractivity contribution in [2.24, 2.45) is 0 Å². The van der Waals surface area contributed by atoms with Crippen molar-refractivity contribution in [3.05, 3.63) is 42.2 Å². The molecule has 1 heterocycles. The van der Waals surface area contributed by atoms with E-state index in [1.54, 1.807) is 13.2 Å². The van der Waals surface area contributed by atoms with Crippen LogP contribution in [0.3, 0.4) is 0 Å². The number of nitrogens with one attached hydrogen (secondary N) is 2. The van der Waals surface area contributed by atoms with E-state index in [4.69, 9.17) is 4.74 Å². The molecule has 0 unspecified atom stereocenters. The van der Waals surface area contributed by atoms with E-state index in [2.05, 4.69) is 15.5 Å². The first kappa shape index (κ1) is 14.1. The molecule has 3 rings (SSSR count). The summed E-state index contributed by atoms with van der Waals surface area (Å²) in [5.74, 6) is 0.534. The molecular formula is C16H14FN3O2. The third-order valence-electron chi connectivity index (χ3n) is 3.33. The number of halogens is 1. The molecule has 112 valence electrons. The number of hydrogen-bond donors (Lipinski definition) is 2. The van der Waals surface area contributed by atoms with Crippen LogP contribution in [0.4, 0.5) is 10.2 Å². The Morgan fingerprint density at radius 3 is 2.82 bits per heavy atom. The van der Waals surface area contributed by atoms with Gasteiger partial charge in [0.1, 0.15) is 11.6 Å². The minimum absolute atomic E-state index is 0.190. The Kier molecular flexibility index (Phi) is 3.50. The highest BCUT2D eigenvalue weighted by Crippen LogP contribution is 2.33. The molecule has 1 aromatic heterocycles. The maximum absolute atomic E-state index is 13.5. The fourth-order valence-electron chi connectivity index (χ4n) is 2.35. The molecule has 0 aliphatic carbocycles. The standard InChI is InChI=1S/C16H14FN3O2/c1-9(21)18-16-12-5-3-10(7-14(12)19-20-16)13-8-11(17)4-6-15(13)22-2/h3-8H,1-2H3,(H2,18,19,20,21). The fourth-order valence-corrected chi connectivity index (χ4v) is 2.35. The van der Waals surface area contributed by atoms with Gasteiger partial charge in [-0.05, 0) is 35.9 Å². The Balaban J connectivity index is 2.10. The summed E-state index contributed by atoms with van der Waals surface area (Å²) in [5.41, 5.74) is 2.19. The van der Waals surface area contributed by atoms with Crippen LogP contribution in [-0.4, -0.2) is 23.2 Å². The Morgan fingerprint density at radius 1 is 1.27 bits per heavy atom. The summed E-state index contributed by atoms with van der Waals surface area (Å²) in [5, 5.41) is 10.4. The molecular weight excluding hydrogens is 285 g/mol. The van der Waals surface area contributed by atoms with Crippen molar-refractivity contribution in [2.45, 2.75) is 6.92 Å². The minimum atomic E-state index is -0.334. The molecule has 2 N–H and O–H groups in total. The highest BCUT2D eigenvalue weighted by molar-refractivity contribution is 6.00. The highest BCUT2D eigenvalue weighted by atomic mass is 19.1. The van der Waals surface area contributed by atoms with Gasteiger partial charge in [-0.1, -0.05) is 6.07 Å². The van der Waals surface area contributed by atoms with Crippen LogP contribution in [0.15, 0.2) is 36.4 Å². The van der Waals surface area contributed by atoms with Crippen molar-refractivity contribution in [3.63, 3.8) is 0 Å². The molecule has 3 aromatic rings. The molecule has 22 heavy (non-hydrogen) atoms. The van der Waals surface area contributed by atoms with Crippen molar-refractivity contribution in [2.75, 3.05) is 12.4 Å². The van der Waals surface area contributed by atoms with Gasteiger partial charge >= 0.3 is 0 Å². The molecule has 0 spiro atoms. The lowest BCUT2D eigenvalue weighted by Gasteiger charge is -2.09. The molecule has 1 amide bonds. The Bertz CT molecular complexity index is 858. The number of carbonyl (C=O) groups excluding carboxylic acids is 1. The molecule has 0 aliphatic heterocycles. The van der Waals surface area contributed by atoms with Gasteiger partial charge in [-0.2, -0.15) is 5.10 Å². The lowest BCUT2D eigenvalue weighted by molar-refractivity contribution is -0.114. The van der Waals surface area contributed by atoms with E-state index >= 15 is 0 Å². The number of H-pyrrole nitrogens is 1. The molecule has 0 saturated carbocycles. The summed E-state index contributed by atoms with van der Waals surface area (Å²) in [6, 6.07) is 9.86. The van der Waals surface area contributed by atoms with Gasteiger partial charge in [0, 0.05) is 17.9 Å². The first-order valence-electron chi connectivity index (χ1n) is 6.68. The smallest absolute Gasteiger partial charge is 0.222 e. The van der Waals surface area contributed by atoms with Gasteiger partial charge in [-0.15, -0.1) is 0 Å². The Labute approximate surface area is 126 Å². The van der Waals surface area contributed by atoms with Crippen LogP contribution >= 0.6 is 0 Å². The van der Waals surface area contributed by atoms with E-state index in [1.165, 1.54) is 19.1 Å². The lowest BCUT2D eigenvalue weighted by Crippen LogP contribution is -2.06. The van der Waals surface area contributed by atoms with Gasteiger partial charge in [-0.25, -0.2) is 4.39 Å². The monoisotopic (exact) mass is 299 g/mol. The van der Waals surface area contributed by atoms with Crippen molar-refractivity contribution in [3.8, 4) is 16.9 Å². The maximum Gasteiger partial charge on any atom is 0.222 e. The second kappa shape index (κ2) is 5.48. The quantitative estimate of drug-likeness (QED) is 0.779. The maximum atomic E-state index is 13.5. The summed E-state index contributed by atoms with van der Waals surface area (Å²) >= 11 is 0. The summed E-state index contributed by atoms with van der Waals surface area (Å²) in [6.07, 6.45) is 0. The van der Waals surface area contributed by atoms with Crippen LogP contribution in [0, 0.1) is 5.82 Å². The average Bonchev–Trinajstić information content (AvgIpc) is 2.89. The van der Waals surface area contributed by atoms with Gasteiger partial charge in [0.25, 0.3) is 0 Å². The molecule has 0 atom stereocenters. The highest BCUT2D eigenvalue weighted by Gasteiger charge is 2.11. The lowest BCUT2D eigenvalue weighted by atomic mass is 10.0. The summed E-state index contributed by atoms with van der Waals surface area (Å²) in [4.78, 5) is 11.1. The molecule has 0 saturated heterocycles. The SMILES string of the molecule is COc1ccc(F)cc1-c1ccc2c(NC(C)=O)n[nH]c2c1. The molecule has 0 radical (unpaired) electrons. The normalized spacial score (nSPS) is 10.7. The second-order valence-electron chi connectivity index (χ2n) is 4.86. The van der Waals surface area contributed by atoms with Crippen LogP contribution < -0.4 is 10.1 Å². The van der Waals surface area contributed by atoms with E-state index in [9.17, 15) is 9.18 Å². The summed E-state index contributed by atoms with van der Waals surface area (Å²) < 4.78 is 18.8. The van der Waals surface area contributed by atoms with E-state index in [1.807, 2.05) is 18.2 Å². The van der Waals surface area contributed by atoms with Crippen LogP contribution in [0.1, 0.15) is 6.92 Å². The fraction of sp³-hybridized carbons (Fsp3) is 0.125. The average molecular weight is 299 g/mol. The van der Waals surface area contributed by atoms with Crippen LogP contribution in [0.5, 0.6) is 5.75 Å². The zero-order chi connectivity index (χ0) is 15.7. The number of aromatic amines is 1. The number of hydrogen-bond acceptors (Lipinski definition) is 3. The van der Waals surface area contributed by atoms with E-state index in [0.29, 0.717) is 17.1 Å². The third-order valence-corrected chi connectivity index (χ3v) is 3.33. The number of rotatable bonds is 3. The number of aromatic nitrogens is 2. The van der Waals surface area contributed by atoms with E-state index in [0.717, 1.165) is 16.5 Å². The van der Waals surface area contributed by atoms with Crippen LogP contribution in [-0.2, 0) is 4.79 Å². The minimum Gasteiger partial charge on any atom is -0.496 e. The van der Waals surface area contributed by atoms with Crippen LogP contribution in [0.25, 0.3) is 22.0 Å². The number of ether oxygens (including phenoxy) is 1. The van der Waals surface area contributed by atoms with Gasteiger partial charge in [-0.3, -0.25) is 9.89 Å². The van der Waals surface area contributed by atoms with Gasteiger partial charge in [0.05, 0.1) is 12.6 Å². The number of benzene rings is 2. The Morgan fingerprint density at radius 2 is 2.09 bits per heavy atom. The number of nitrogens with zero attached hydrogens (tertiary/aromatic N) is 1. The summed E-state index contributed by atoms with van der Waals surface area (Å²) in [7, 11) is 1.54. The number of fused-ring (bicyclic) bond motifs is 1. The Hall–Kier alpha value is -2.89. The van der Waals surface area contributed by atoms with Crippen molar-refractivity contribution in [1.29, 1.82) is 0 Å². The number of methoxy groups -OCH3 is 1.